The molecule has 2 rings (SSSR count). The van der Waals surface area contributed by atoms with Crippen LogP contribution in [0, 0.1) is 10.1 Å². The molecular formula is C16H23N3O4. The first-order valence-electron chi connectivity index (χ1n) is 7.78. The minimum Gasteiger partial charge on any atom is -0.447 e. The van der Waals surface area contributed by atoms with Gasteiger partial charge in [0.05, 0.1) is 11.0 Å². The van der Waals surface area contributed by atoms with E-state index in [2.05, 4.69) is 5.32 Å². The summed E-state index contributed by atoms with van der Waals surface area (Å²) in [7, 11) is 0. The van der Waals surface area contributed by atoms with Gasteiger partial charge in [0.25, 0.3) is 5.69 Å². The van der Waals surface area contributed by atoms with Crippen LogP contribution in [0.15, 0.2) is 24.3 Å². The lowest BCUT2D eigenvalue weighted by atomic mass is 9.89. The number of nitro benzene ring substituents is 1. The molecule has 1 aromatic carbocycles. The van der Waals surface area contributed by atoms with Gasteiger partial charge in [-0.1, -0.05) is 12.1 Å². The summed E-state index contributed by atoms with van der Waals surface area (Å²) in [6, 6.07) is 6.62. The maximum absolute atomic E-state index is 11.9. The lowest BCUT2D eigenvalue weighted by Gasteiger charge is -2.40. The molecule has 1 N–H and O–H groups in total. The number of piperidine rings is 1. The molecule has 1 saturated heterocycles. The molecule has 0 unspecified atom stereocenters. The van der Waals surface area contributed by atoms with Crippen molar-refractivity contribution in [1.82, 2.24) is 4.90 Å². The molecule has 1 fully saturated rings. The fourth-order valence-electron chi connectivity index (χ4n) is 2.65. The zero-order valence-corrected chi connectivity index (χ0v) is 13.7. The molecule has 0 saturated carbocycles. The van der Waals surface area contributed by atoms with Crippen LogP contribution in [0.1, 0.15) is 33.6 Å². The molecule has 1 aromatic rings. The number of likely N-dealkylation sites (tertiary alicyclic amines) is 1. The summed E-state index contributed by atoms with van der Waals surface area (Å²) in [5.74, 6) is 0. The number of anilines is 1. The fraction of sp³-hybridized carbons (Fsp3) is 0.562. The van der Waals surface area contributed by atoms with Crippen LogP contribution >= 0.6 is 0 Å². The van der Waals surface area contributed by atoms with E-state index in [-0.39, 0.29) is 28.3 Å². The minimum atomic E-state index is -0.388. The topological polar surface area (TPSA) is 84.7 Å². The SMILES string of the molecule is CC(C)OC(=O)N1CCC(C)(Nc2ccccc2[N+](=O)[O-])CC1. The Morgan fingerprint density at radius 1 is 1.35 bits per heavy atom. The second-order valence-corrected chi connectivity index (χ2v) is 6.38. The minimum absolute atomic E-state index is 0.0652. The van der Waals surface area contributed by atoms with Gasteiger partial charge in [-0.25, -0.2) is 4.79 Å². The third-order valence-corrected chi connectivity index (χ3v) is 4.00. The average Bonchev–Trinajstić information content (AvgIpc) is 2.47. The van der Waals surface area contributed by atoms with Crippen molar-refractivity contribution in [3.63, 3.8) is 0 Å². The van der Waals surface area contributed by atoms with Gasteiger partial charge in [0.15, 0.2) is 0 Å². The van der Waals surface area contributed by atoms with E-state index in [1.807, 2.05) is 20.8 Å². The van der Waals surface area contributed by atoms with Gasteiger partial charge in [-0.15, -0.1) is 0 Å². The van der Waals surface area contributed by atoms with Gasteiger partial charge in [-0.2, -0.15) is 0 Å². The molecule has 1 amide bonds. The van der Waals surface area contributed by atoms with Crippen molar-refractivity contribution in [1.29, 1.82) is 0 Å². The molecule has 1 heterocycles. The quantitative estimate of drug-likeness (QED) is 0.678. The van der Waals surface area contributed by atoms with Crippen LogP contribution in [0.25, 0.3) is 0 Å². The van der Waals surface area contributed by atoms with Gasteiger partial charge >= 0.3 is 6.09 Å². The van der Waals surface area contributed by atoms with Gasteiger partial charge in [0, 0.05) is 24.7 Å². The van der Waals surface area contributed by atoms with Gasteiger partial charge in [0.1, 0.15) is 5.69 Å². The summed E-state index contributed by atoms with van der Waals surface area (Å²) in [5, 5.41) is 14.4. The van der Waals surface area contributed by atoms with Crippen LogP contribution < -0.4 is 5.32 Å². The van der Waals surface area contributed by atoms with Crippen molar-refractivity contribution in [2.75, 3.05) is 18.4 Å². The zero-order chi connectivity index (χ0) is 17.0. The number of amides is 1. The maximum atomic E-state index is 11.9. The van der Waals surface area contributed by atoms with Crippen molar-refractivity contribution >= 4 is 17.5 Å². The number of carbonyl (C=O) groups is 1. The predicted molar refractivity (Wildman–Crippen MR) is 87.5 cm³/mol. The first kappa shape index (κ1) is 17.1. The van der Waals surface area contributed by atoms with Gasteiger partial charge in [0.2, 0.25) is 0 Å². The first-order valence-corrected chi connectivity index (χ1v) is 7.78. The van der Waals surface area contributed by atoms with Crippen LogP contribution in [0.5, 0.6) is 0 Å². The number of ether oxygens (including phenoxy) is 1. The smallest absolute Gasteiger partial charge is 0.410 e. The molecule has 23 heavy (non-hydrogen) atoms. The number of nitrogens with zero attached hydrogens (tertiary/aromatic N) is 2. The van der Waals surface area contributed by atoms with E-state index in [4.69, 9.17) is 4.74 Å². The third kappa shape index (κ3) is 4.34. The molecule has 1 aliphatic heterocycles. The normalized spacial score (nSPS) is 17.0. The molecule has 0 atom stereocenters. The van der Waals surface area contributed by atoms with Crippen molar-refractivity contribution in [2.24, 2.45) is 0 Å². The first-order chi connectivity index (χ1) is 10.8. The average molecular weight is 321 g/mol. The van der Waals surface area contributed by atoms with Gasteiger partial charge < -0.3 is 15.0 Å². The third-order valence-electron chi connectivity index (χ3n) is 4.00. The van der Waals surface area contributed by atoms with Crippen LogP contribution in [0.3, 0.4) is 0 Å². The van der Waals surface area contributed by atoms with Crippen molar-refractivity contribution in [2.45, 2.75) is 45.3 Å². The standard InChI is InChI=1S/C16H23N3O4/c1-12(2)23-15(20)18-10-8-16(3,9-11-18)17-13-6-4-5-7-14(13)19(21)22/h4-7,12,17H,8-11H2,1-3H3. The largest absolute Gasteiger partial charge is 0.447 e. The van der Waals surface area contributed by atoms with Gasteiger partial charge in [-0.05, 0) is 39.7 Å². The molecule has 0 radical (unpaired) electrons. The second kappa shape index (κ2) is 6.85. The molecule has 126 valence electrons. The highest BCUT2D eigenvalue weighted by molar-refractivity contribution is 5.68. The number of rotatable bonds is 4. The summed E-state index contributed by atoms with van der Waals surface area (Å²) in [6.45, 7) is 6.80. The number of hydrogen-bond acceptors (Lipinski definition) is 5. The lowest BCUT2D eigenvalue weighted by molar-refractivity contribution is -0.384. The molecule has 7 nitrogen and oxygen atoms in total. The fourth-order valence-corrected chi connectivity index (χ4v) is 2.65. The summed E-state index contributed by atoms with van der Waals surface area (Å²) >= 11 is 0. The number of nitrogens with one attached hydrogen (secondary N) is 1. The molecular weight excluding hydrogens is 298 g/mol. The van der Waals surface area contributed by atoms with Crippen LogP contribution in [0.2, 0.25) is 0 Å². The number of carbonyl (C=O) groups excluding carboxylic acids is 1. The van der Waals surface area contributed by atoms with Crippen molar-refractivity contribution < 1.29 is 14.5 Å². The maximum Gasteiger partial charge on any atom is 0.410 e. The Morgan fingerprint density at radius 2 is 1.96 bits per heavy atom. The van der Waals surface area contributed by atoms with Crippen molar-refractivity contribution in [3.8, 4) is 0 Å². The monoisotopic (exact) mass is 321 g/mol. The molecule has 0 spiro atoms. The molecule has 0 bridgehead atoms. The highest BCUT2D eigenvalue weighted by Crippen LogP contribution is 2.31. The second-order valence-electron chi connectivity index (χ2n) is 6.38. The van der Waals surface area contributed by atoms with E-state index in [0.29, 0.717) is 31.6 Å². The van der Waals surface area contributed by atoms with E-state index in [0.717, 1.165) is 0 Å². The Bertz CT molecular complexity index is 580. The van der Waals surface area contributed by atoms with Gasteiger partial charge in [-0.3, -0.25) is 10.1 Å². The zero-order valence-electron chi connectivity index (χ0n) is 13.7. The summed E-state index contributed by atoms with van der Waals surface area (Å²) in [6.07, 6.45) is 0.965. The van der Waals surface area contributed by atoms with Crippen LogP contribution in [-0.2, 0) is 4.74 Å². The Hall–Kier alpha value is -2.31. The number of benzene rings is 1. The van der Waals surface area contributed by atoms with E-state index in [1.165, 1.54) is 6.07 Å². The highest BCUT2D eigenvalue weighted by atomic mass is 16.6. The summed E-state index contributed by atoms with van der Waals surface area (Å²) in [4.78, 5) is 24.3. The summed E-state index contributed by atoms with van der Waals surface area (Å²) in [5.41, 5.74) is 0.286. The number of para-hydroxylation sites is 2. The van der Waals surface area contributed by atoms with E-state index < -0.39 is 0 Å². The van der Waals surface area contributed by atoms with E-state index >= 15 is 0 Å². The highest BCUT2D eigenvalue weighted by Gasteiger charge is 2.33. The molecule has 0 aliphatic carbocycles. The Labute approximate surface area is 135 Å². The van der Waals surface area contributed by atoms with Crippen LogP contribution in [-0.4, -0.2) is 40.6 Å². The Morgan fingerprint density at radius 3 is 2.52 bits per heavy atom. The summed E-state index contributed by atoms with van der Waals surface area (Å²) < 4.78 is 5.20. The molecule has 1 aliphatic rings. The number of hydrogen-bond donors (Lipinski definition) is 1. The van der Waals surface area contributed by atoms with E-state index in [1.54, 1.807) is 23.1 Å². The van der Waals surface area contributed by atoms with E-state index in [9.17, 15) is 14.9 Å². The lowest BCUT2D eigenvalue weighted by Crippen LogP contribution is -2.49. The van der Waals surface area contributed by atoms with Crippen LogP contribution in [0.4, 0.5) is 16.2 Å². The Kier molecular flexibility index (Phi) is 5.08. The Balaban J connectivity index is 2.01. The molecule has 0 aromatic heterocycles. The number of nitro groups is 1. The predicted octanol–water partition coefficient (Wildman–Crippen LogP) is 3.41. The molecule has 7 heteroatoms. The van der Waals surface area contributed by atoms with Crippen molar-refractivity contribution in [3.05, 3.63) is 34.4 Å².